The van der Waals surface area contributed by atoms with Gasteiger partial charge in [-0.2, -0.15) is 0 Å². The first-order valence-electron chi connectivity index (χ1n) is 13.8. The Morgan fingerprint density at radius 2 is 1.34 bits per heavy atom. The van der Waals surface area contributed by atoms with Gasteiger partial charge in [0.1, 0.15) is 0 Å². The number of ketones is 2. The highest BCUT2D eigenvalue weighted by Crippen LogP contribution is 2.54. The van der Waals surface area contributed by atoms with Crippen molar-refractivity contribution >= 4 is 22.5 Å². The predicted octanol–water partition coefficient (Wildman–Crippen LogP) is 7.31. The summed E-state index contributed by atoms with van der Waals surface area (Å²) in [7, 11) is 2.07. The van der Waals surface area contributed by atoms with Gasteiger partial charge in [-0.25, -0.2) is 0 Å². The zero-order valence-electron chi connectivity index (χ0n) is 23.5. The average molecular weight is 507 g/mol. The maximum Gasteiger partial charge on any atom is 0.162 e. The van der Waals surface area contributed by atoms with Crippen molar-refractivity contribution in [2.45, 2.75) is 72.8 Å². The molecule has 6 rings (SSSR count). The van der Waals surface area contributed by atoms with E-state index in [9.17, 15) is 9.59 Å². The fourth-order valence-electron chi connectivity index (χ4n) is 7.00. The number of nitrogens with zero attached hydrogens (tertiary/aromatic N) is 2. The largest absolute Gasteiger partial charge is 0.351 e. The summed E-state index contributed by atoms with van der Waals surface area (Å²) >= 11 is 0. The van der Waals surface area contributed by atoms with E-state index in [4.69, 9.17) is 0 Å². The van der Waals surface area contributed by atoms with Gasteiger partial charge in [0.25, 0.3) is 0 Å². The molecule has 3 aromatic rings. The van der Waals surface area contributed by atoms with Crippen LogP contribution in [0.3, 0.4) is 0 Å². The third-order valence-electron chi connectivity index (χ3n) is 8.78. The molecular weight excluding hydrogens is 468 g/mol. The number of para-hydroxylation sites is 1. The van der Waals surface area contributed by atoms with Crippen LogP contribution in [0.1, 0.15) is 76.0 Å². The molecule has 0 unspecified atom stereocenters. The first kappa shape index (κ1) is 24.9. The van der Waals surface area contributed by atoms with E-state index in [1.807, 2.05) is 0 Å². The second-order valence-corrected chi connectivity index (χ2v) is 13.3. The van der Waals surface area contributed by atoms with Gasteiger partial charge in [0, 0.05) is 72.0 Å². The van der Waals surface area contributed by atoms with Crippen molar-refractivity contribution < 1.29 is 9.59 Å². The highest BCUT2D eigenvalue weighted by molar-refractivity contribution is 6.08. The Morgan fingerprint density at radius 3 is 1.92 bits per heavy atom. The van der Waals surface area contributed by atoms with Gasteiger partial charge in [-0.1, -0.05) is 75.7 Å². The number of carbonyl (C=O) groups excluding carboxylic acids is 2. The van der Waals surface area contributed by atoms with Gasteiger partial charge in [0.05, 0.1) is 0 Å². The average Bonchev–Trinajstić information content (AvgIpc) is 3.19. The molecule has 0 spiro atoms. The van der Waals surface area contributed by atoms with E-state index in [0.717, 1.165) is 58.4 Å². The zero-order chi connectivity index (χ0) is 27.0. The number of hydrogen-bond acceptors (Lipinski definition) is 3. The minimum atomic E-state index is -0.312. The molecule has 0 radical (unpaired) electrons. The summed E-state index contributed by atoms with van der Waals surface area (Å²) in [6.07, 6.45) is 4.93. The van der Waals surface area contributed by atoms with Crippen LogP contribution in [0.25, 0.3) is 10.9 Å². The van der Waals surface area contributed by atoms with Gasteiger partial charge in [-0.15, -0.1) is 0 Å². The molecular formula is C34H38N2O2. The molecule has 0 fully saturated rings. The number of rotatable bonds is 3. The second kappa shape index (κ2) is 8.56. The first-order valence-corrected chi connectivity index (χ1v) is 13.8. The highest BCUT2D eigenvalue weighted by atomic mass is 16.1. The van der Waals surface area contributed by atoms with E-state index in [1.165, 1.54) is 11.1 Å². The quantitative estimate of drug-likeness (QED) is 0.374. The SMILES string of the molecule is Cc1ccc(Cn2cc(C3C4=C(CC(C)(C)CC4=O)N(C)C4=C3C(=O)CC(C)(C)C4)c3ccccc32)cc1. The molecule has 0 saturated heterocycles. The molecule has 2 heterocycles. The van der Waals surface area contributed by atoms with Crippen molar-refractivity contribution in [3.63, 3.8) is 0 Å². The number of aromatic nitrogens is 1. The Morgan fingerprint density at radius 1 is 0.789 bits per heavy atom. The minimum Gasteiger partial charge on any atom is -0.351 e. The standard InChI is InChI=1S/C34H38N2O2/c1-21-11-13-22(14-12-21)19-36-20-24(23-9-7-8-10-25(23)36)30-31-26(15-33(2,3)17-28(31)37)35(6)27-16-34(4,5)18-29(38)32(27)30/h7-14,20,30H,15-19H2,1-6H3. The Bertz CT molecular complexity index is 1490. The van der Waals surface area contributed by atoms with Crippen LogP contribution in [0.2, 0.25) is 0 Å². The third kappa shape index (κ3) is 4.05. The Kier molecular flexibility index (Phi) is 5.61. The molecule has 2 aliphatic carbocycles. The van der Waals surface area contributed by atoms with Crippen molar-refractivity contribution in [3.05, 3.63) is 94.0 Å². The van der Waals surface area contributed by atoms with E-state index in [2.05, 4.69) is 106 Å². The van der Waals surface area contributed by atoms with Gasteiger partial charge in [-0.05, 0) is 47.8 Å². The molecule has 4 nitrogen and oxygen atoms in total. The Balaban J connectivity index is 1.58. The van der Waals surface area contributed by atoms with Crippen molar-refractivity contribution in [1.29, 1.82) is 0 Å². The molecule has 0 amide bonds. The van der Waals surface area contributed by atoms with Crippen LogP contribution in [0.15, 0.2) is 77.3 Å². The lowest BCUT2D eigenvalue weighted by molar-refractivity contribution is -0.119. The van der Waals surface area contributed by atoms with Crippen molar-refractivity contribution in [1.82, 2.24) is 9.47 Å². The predicted molar refractivity (Wildman–Crippen MR) is 153 cm³/mol. The maximum atomic E-state index is 13.9. The summed E-state index contributed by atoms with van der Waals surface area (Å²) in [6.45, 7) is 11.6. The highest BCUT2D eigenvalue weighted by Gasteiger charge is 2.48. The normalized spacial score (nSPS) is 21.3. The van der Waals surface area contributed by atoms with Crippen molar-refractivity contribution in [3.8, 4) is 0 Å². The summed E-state index contributed by atoms with van der Waals surface area (Å²) in [4.78, 5) is 30.1. The van der Waals surface area contributed by atoms with E-state index >= 15 is 0 Å². The Labute approximate surface area is 226 Å². The lowest BCUT2D eigenvalue weighted by Crippen LogP contribution is -2.43. The molecule has 0 saturated carbocycles. The van der Waals surface area contributed by atoms with Crippen LogP contribution in [-0.2, 0) is 16.1 Å². The lowest BCUT2D eigenvalue weighted by Gasteiger charge is -2.47. The lowest BCUT2D eigenvalue weighted by atomic mass is 9.64. The summed E-state index contributed by atoms with van der Waals surface area (Å²) < 4.78 is 2.29. The van der Waals surface area contributed by atoms with E-state index in [1.54, 1.807) is 0 Å². The van der Waals surface area contributed by atoms with Crippen LogP contribution < -0.4 is 0 Å². The molecule has 0 N–H and O–H groups in total. The van der Waals surface area contributed by atoms with Crippen molar-refractivity contribution in [2.75, 3.05) is 7.05 Å². The van der Waals surface area contributed by atoms with Crippen LogP contribution in [0.5, 0.6) is 0 Å². The van der Waals surface area contributed by atoms with Gasteiger partial charge >= 0.3 is 0 Å². The number of carbonyl (C=O) groups is 2. The third-order valence-corrected chi connectivity index (χ3v) is 8.78. The van der Waals surface area contributed by atoms with Gasteiger partial charge in [-0.3, -0.25) is 9.59 Å². The number of Topliss-reactive ketones (excluding diaryl/α,β-unsaturated/α-hetero) is 2. The molecule has 0 atom stereocenters. The van der Waals surface area contributed by atoms with Gasteiger partial charge in [0.2, 0.25) is 0 Å². The van der Waals surface area contributed by atoms with Crippen LogP contribution in [-0.4, -0.2) is 28.1 Å². The summed E-state index contributed by atoms with van der Waals surface area (Å²) in [5.41, 5.74) is 8.41. The first-order chi connectivity index (χ1) is 17.9. The van der Waals surface area contributed by atoms with E-state index in [0.29, 0.717) is 12.8 Å². The molecule has 38 heavy (non-hydrogen) atoms. The van der Waals surface area contributed by atoms with Crippen molar-refractivity contribution in [2.24, 2.45) is 10.8 Å². The monoisotopic (exact) mass is 506 g/mol. The summed E-state index contributed by atoms with van der Waals surface area (Å²) in [6, 6.07) is 17.1. The van der Waals surface area contributed by atoms with Crippen LogP contribution in [0.4, 0.5) is 0 Å². The minimum absolute atomic E-state index is 0.0968. The second-order valence-electron chi connectivity index (χ2n) is 13.3. The van der Waals surface area contributed by atoms with E-state index < -0.39 is 0 Å². The molecule has 3 aliphatic rings. The van der Waals surface area contributed by atoms with E-state index in [-0.39, 0.29) is 28.3 Å². The smallest absolute Gasteiger partial charge is 0.162 e. The van der Waals surface area contributed by atoms with Gasteiger partial charge in [0.15, 0.2) is 11.6 Å². The number of benzene rings is 2. The number of hydrogen-bond donors (Lipinski definition) is 0. The van der Waals surface area contributed by atoms with Gasteiger partial charge < -0.3 is 9.47 Å². The van der Waals surface area contributed by atoms with Crippen LogP contribution in [0, 0.1) is 17.8 Å². The zero-order valence-corrected chi connectivity index (χ0v) is 23.5. The fraction of sp³-hybridized carbons (Fsp3) is 0.412. The molecule has 0 bridgehead atoms. The molecule has 1 aliphatic heterocycles. The van der Waals surface area contributed by atoms with Crippen LogP contribution >= 0.6 is 0 Å². The molecule has 2 aromatic carbocycles. The summed E-state index contributed by atoms with van der Waals surface area (Å²) in [5.74, 6) is 0.0628. The molecule has 4 heteroatoms. The summed E-state index contributed by atoms with van der Waals surface area (Å²) in [5, 5.41) is 1.13. The Hall–Kier alpha value is -3.40. The molecule has 1 aromatic heterocycles. The maximum absolute atomic E-state index is 13.9. The fourth-order valence-corrected chi connectivity index (χ4v) is 7.00. The number of aryl methyl sites for hydroxylation is 1. The number of allylic oxidation sites excluding steroid dienone is 4. The topological polar surface area (TPSA) is 42.3 Å². The number of fused-ring (bicyclic) bond motifs is 1. The molecule has 196 valence electrons.